The summed E-state index contributed by atoms with van der Waals surface area (Å²) in [6.07, 6.45) is 1.57. The average Bonchev–Trinajstić information content (AvgIpc) is 2.94. The van der Waals surface area contributed by atoms with Gasteiger partial charge in [0.05, 0.1) is 26.2 Å². The number of carbonyl (C=O) groups is 1. The van der Waals surface area contributed by atoms with Crippen LogP contribution in [0.1, 0.15) is 22.3 Å². The Kier molecular flexibility index (Phi) is 4.09. The number of hydrogen-bond acceptors (Lipinski definition) is 3. The summed E-state index contributed by atoms with van der Waals surface area (Å²) in [4.78, 5) is 26.3. The van der Waals surface area contributed by atoms with E-state index in [-0.39, 0.29) is 11.3 Å². The molecule has 1 aromatic carbocycles. The lowest BCUT2D eigenvalue weighted by molar-refractivity contribution is -0.858. The number of carbonyl (C=O) groups excluding carboxylic acids is 1. The highest BCUT2D eigenvalue weighted by Crippen LogP contribution is 2.31. The number of aromatic nitrogens is 1. The van der Waals surface area contributed by atoms with Crippen molar-refractivity contribution in [3.63, 3.8) is 0 Å². The second-order valence-electron chi connectivity index (χ2n) is 6.31. The predicted molar refractivity (Wildman–Crippen MR) is 88.2 cm³/mol. The van der Waals surface area contributed by atoms with Gasteiger partial charge >= 0.3 is 0 Å². The lowest BCUT2D eigenvalue weighted by Gasteiger charge is -2.12. The number of rotatable bonds is 5. The Labute approximate surface area is 134 Å². The first-order chi connectivity index (χ1) is 11.0. The van der Waals surface area contributed by atoms with Gasteiger partial charge in [-0.1, -0.05) is 12.1 Å². The molecule has 3 rings (SSSR count). The third-order valence-corrected chi connectivity index (χ3v) is 4.31. The van der Waals surface area contributed by atoms with E-state index in [0.29, 0.717) is 18.5 Å². The van der Waals surface area contributed by atoms with Crippen molar-refractivity contribution in [2.45, 2.75) is 19.4 Å². The van der Waals surface area contributed by atoms with Gasteiger partial charge in [-0.25, -0.2) is 0 Å². The molecule has 2 heterocycles. The summed E-state index contributed by atoms with van der Waals surface area (Å²) in [5, 5.41) is 13.8. The lowest BCUT2D eigenvalue weighted by Crippen LogP contribution is -3.05. The maximum Gasteiger partial charge on any atom is 0.267 e. The second-order valence-corrected chi connectivity index (χ2v) is 6.31. The fourth-order valence-electron chi connectivity index (χ4n) is 3.16. The molecule has 6 nitrogen and oxygen atoms in total. The Balaban J connectivity index is 1.94. The molecule has 122 valence electrons. The monoisotopic (exact) mass is 316 g/mol. The first-order valence-corrected chi connectivity index (χ1v) is 7.95. The number of aromatic hydroxyl groups is 1. The maximum atomic E-state index is 12.6. The smallest absolute Gasteiger partial charge is 0.267 e. The maximum absolute atomic E-state index is 12.6. The predicted octanol–water partition coefficient (Wildman–Crippen LogP) is -0.472. The van der Waals surface area contributed by atoms with Gasteiger partial charge in [-0.15, -0.1) is 0 Å². The molecular formula is C17H22N3O3+. The molecule has 0 spiro atoms. The molecule has 0 radical (unpaired) electrons. The Morgan fingerprint density at radius 2 is 2.17 bits per heavy atom. The zero-order valence-corrected chi connectivity index (χ0v) is 13.5. The highest BCUT2D eigenvalue weighted by Gasteiger charge is 2.25. The van der Waals surface area contributed by atoms with Crippen LogP contribution in [-0.4, -0.2) is 42.8 Å². The number of hydrogen-bond donors (Lipinski definition) is 3. The first kappa shape index (κ1) is 15.6. The van der Waals surface area contributed by atoms with Crippen molar-refractivity contribution in [3.05, 3.63) is 39.7 Å². The summed E-state index contributed by atoms with van der Waals surface area (Å²) in [5.74, 6) is -0.704. The van der Waals surface area contributed by atoms with Crippen LogP contribution in [0.2, 0.25) is 0 Å². The van der Waals surface area contributed by atoms with Gasteiger partial charge in [0.1, 0.15) is 11.3 Å². The van der Waals surface area contributed by atoms with Crippen molar-refractivity contribution in [1.29, 1.82) is 0 Å². The van der Waals surface area contributed by atoms with Gasteiger partial charge in [0.25, 0.3) is 11.5 Å². The Bertz CT molecular complexity index is 824. The summed E-state index contributed by atoms with van der Waals surface area (Å²) < 4.78 is 1.60. The second kappa shape index (κ2) is 6.04. The minimum absolute atomic E-state index is 0.145. The molecule has 0 saturated heterocycles. The summed E-state index contributed by atoms with van der Waals surface area (Å²) >= 11 is 0. The molecule has 1 aliphatic heterocycles. The number of quaternary nitrogens is 1. The largest absolute Gasteiger partial charge is 0.506 e. The molecular weight excluding hydrogens is 294 g/mol. The standard InChI is InChI=1S/C17H21N3O3/c1-19(2)9-4-8-18-16(22)13-15(21)12-6-3-5-11-7-10-20(14(11)12)17(13)23/h3,5-6,21H,4,7-10H2,1-2H3,(H,18,22)/p+1. The van der Waals surface area contributed by atoms with Crippen LogP contribution in [0.15, 0.2) is 23.0 Å². The van der Waals surface area contributed by atoms with Crippen molar-refractivity contribution < 1.29 is 14.8 Å². The van der Waals surface area contributed by atoms with Crippen LogP contribution in [0.25, 0.3) is 10.9 Å². The van der Waals surface area contributed by atoms with Crippen molar-refractivity contribution in [3.8, 4) is 5.75 Å². The van der Waals surface area contributed by atoms with E-state index in [1.54, 1.807) is 10.6 Å². The van der Waals surface area contributed by atoms with E-state index in [9.17, 15) is 14.7 Å². The van der Waals surface area contributed by atoms with E-state index in [0.717, 1.165) is 30.5 Å². The molecule has 0 unspecified atom stereocenters. The minimum Gasteiger partial charge on any atom is -0.506 e. The van der Waals surface area contributed by atoms with Crippen LogP contribution in [0.3, 0.4) is 0 Å². The van der Waals surface area contributed by atoms with E-state index in [1.165, 1.54) is 4.90 Å². The Hall–Kier alpha value is -2.34. The molecule has 0 saturated carbocycles. The van der Waals surface area contributed by atoms with Gasteiger partial charge in [0, 0.05) is 24.9 Å². The molecule has 0 fully saturated rings. The summed E-state index contributed by atoms with van der Waals surface area (Å²) in [6, 6.07) is 5.55. The van der Waals surface area contributed by atoms with Crippen LogP contribution in [0.5, 0.6) is 5.75 Å². The number of pyridine rings is 1. The number of nitrogens with one attached hydrogen (secondary N) is 2. The van der Waals surface area contributed by atoms with Gasteiger partial charge in [-0.2, -0.15) is 0 Å². The molecule has 3 N–H and O–H groups in total. The quantitative estimate of drug-likeness (QED) is 0.653. The van der Waals surface area contributed by atoms with Crippen LogP contribution < -0.4 is 15.8 Å². The summed E-state index contributed by atoms with van der Waals surface area (Å²) in [5.41, 5.74) is 1.24. The molecule has 0 bridgehead atoms. The average molecular weight is 316 g/mol. The van der Waals surface area contributed by atoms with Crippen LogP contribution in [-0.2, 0) is 13.0 Å². The van der Waals surface area contributed by atoms with Crippen molar-refractivity contribution in [2.75, 3.05) is 27.2 Å². The number of nitrogens with zero attached hydrogens (tertiary/aromatic N) is 1. The Morgan fingerprint density at radius 1 is 1.39 bits per heavy atom. The summed E-state index contributed by atoms with van der Waals surface area (Å²) in [7, 11) is 4.09. The molecule has 23 heavy (non-hydrogen) atoms. The number of para-hydroxylation sites is 1. The molecule has 1 aliphatic rings. The first-order valence-electron chi connectivity index (χ1n) is 7.95. The number of aryl methyl sites for hydroxylation is 2. The molecule has 6 heteroatoms. The molecule has 0 atom stereocenters. The zero-order chi connectivity index (χ0) is 16.6. The van der Waals surface area contributed by atoms with Gasteiger partial charge in [0.15, 0.2) is 0 Å². The number of amides is 1. The summed E-state index contributed by atoms with van der Waals surface area (Å²) in [6.45, 7) is 1.97. The van der Waals surface area contributed by atoms with Crippen LogP contribution >= 0.6 is 0 Å². The normalized spacial score (nSPS) is 13.0. The topological polar surface area (TPSA) is 75.8 Å². The fraction of sp³-hybridized carbons (Fsp3) is 0.412. The number of benzene rings is 1. The highest BCUT2D eigenvalue weighted by atomic mass is 16.3. The zero-order valence-electron chi connectivity index (χ0n) is 13.5. The van der Waals surface area contributed by atoms with E-state index in [1.807, 2.05) is 26.2 Å². The SMILES string of the molecule is C[NH+](C)CCCNC(=O)c1c(O)c2cccc3c2n(c1=O)CC3. The molecule has 0 aliphatic carbocycles. The van der Waals surface area contributed by atoms with Crippen LogP contribution in [0, 0.1) is 0 Å². The Morgan fingerprint density at radius 3 is 2.91 bits per heavy atom. The lowest BCUT2D eigenvalue weighted by atomic mass is 10.1. The third-order valence-electron chi connectivity index (χ3n) is 4.31. The van der Waals surface area contributed by atoms with Gasteiger partial charge in [0.2, 0.25) is 0 Å². The highest BCUT2D eigenvalue weighted by molar-refractivity contribution is 6.03. The van der Waals surface area contributed by atoms with Gasteiger partial charge in [-0.05, 0) is 18.1 Å². The van der Waals surface area contributed by atoms with Crippen LogP contribution in [0.4, 0.5) is 0 Å². The van der Waals surface area contributed by atoms with Gasteiger partial charge in [-0.3, -0.25) is 9.59 Å². The third kappa shape index (κ3) is 2.70. The van der Waals surface area contributed by atoms with Crippen molar-refractivity contribution >= 4 is 16.8 Å². The van der Waals surface area contributed by atoms with Crippen molar-refractivity contribution in [1.82, 2.24) is 9.88 Å². The fourth-order valence-corrected chi connectivity index (χ4v) is 3.16. The minimum atomic E-state index is -0.496. The molecule has 1 aromatic heterocycles. The van der Waals surface area contributed by atoms with E-state index >= 15 is 0 Å². The molecule has 2 aromatic rings. The van der Waals surface area contributed by atoms with Gasteiger partial charge < -0.3 is 19.9 Å². The van der Waals surface area contributed by atoms with E-state index in [2.05, 4.69) is 5.32 Å². The van der Waals surface area contributed by atoms with E-state index < -0.39 is 11.5 Å². The molecule has 1 amide bonds. The van der Waals surface area contributed by atoms with E-state index in [4.69, 9.17) is 0 Å². The van der Waals surface area contributed by atoms with Crippen molar-refractivity contribution in [2.24, 2.45) is 0 Å².